The monoisotopic (exact) mass is 291 g/mol. The molecular weight excluding hydrogens is 270 g/mol. The summed E-state index contributed by atoms with van der Waals surface area (Å²) in [6.07, 6.45) is 2.06. The second kappa shape index (κ2) is 7.11. The van der Waals surface area contributed by atoms with Crippen molar-refractivity contribution in [2.24, 2.45) is 0 Å². The number of cyclic esters (lactones) is 1. The van der Waals surface area contributed by atoms with Crippen LogP contribution in [-0.4, -0.2) is 31.3 Å². The minimum absolute atomic E-state index is 0.0972. The van der Waals surface area contributed by atoms with E-state index in [1.807, 2.05) is 30.3 Å². The van der Waals surface area contributed by atoms with E-state index < -0.39 is 12.2 Å². The Morgan fingerprint density at radius 3 is 2.67 bits per heavy atom. The van der Waals surface area contributed by atoms with Crippen molar-refractivity contribution in [3.05, 3.63) is 30.3 Å². The smallest absolute Gasteiger partial charge is 0.415 e. The summed E-state index contributed by atoms with van der Waals surface area (Å²) in [4.78, 5) is 25.3. The van der Waals surface area contributed by atoms with Crippen molar-refractivity contribution in [2.75, 3.05) is 12.0 Å². The van der Waals surface area contributed by atoms with Crippen LogP contribution in [0, 0.1) is 0 Å². The van der Waals surface area contributed by atoms with Crippen LogP contribution >= 0.6 is 0 Å². The highest BCUT2D eigenvalue weighted by Crippen LogP contribution is 2.31. The molecule has 0 spiro atoms. The van der Waals surface area contributed by atoms with Gasteiger partial charge in [-0.25, -0.2) is 4.79 Å². The Morgan fingerprint density at radius 2 is 2.05 bits per heavy atom. The van der Waals surface area contributed by atoms with E-state index >= 15 is 0 Å². The summed E-state index contributed by atoms with van der Waals surface area (Å²) in [5.74, 6) is -0.357. The normalized spacial score (nSPS) is 21.2. The molecule has 1 aromatic rings. The average Bonchev–Trinajstić information content (AvgIpc) is 2.81. The topological polar surface area (TPSA) is 55.8 Å². The Balaban J connectivity index is 2.21. The maximum Gasteiger partial charge on any atom is 0.415 e. The Labute approximate surface area is 124 Å². The molecule has 1 aliphatic rings. The van der Waals surface area contributed by atoms with Crippen LogP contribution in [0.15, 0.2) is 30.3 Å². The van der Waals surface area contributed by atoms with Crippen molar-refractivity contribution >= 4 is 17.7 Å². The zero-order chi connectivity index (χ0) is 15.2. The van der Waals surface area contributed by atoms with Gasteiger partial charge in [-0.3, -0.25) is 9.69 Å². The number of benzene rings is 1. The van der Waals surface area contributed by atoms with E-state index in [9.17, 15) is 9.59 Å². The van der Waals surface area contributed by atoms with Crippen LogP contribution in [0.25, 0.3) is 0 Å². The molecule has 0 unspecified atom stereocenters. The first-order valence-electron chi connectivity index (χ1n) is 7.29. The zero-order valence-corrected chi connectivity index (χ0v) is 12.5. The molecule has 1 aromatic carbocycles. The first-order chi connectivity index (χ1) is 10.2. The predicted molar refractivity (Wildman–Crippen MR) is 79.1 cm³/mol. The number of hydrogen-bond acceptors (Lipinski definition) is 4. The average molecular weight is 291 g/mol. The number of hydrogen-bond donors (Lipinski definition) is 0. The fourth-order valence-corrected chi connectivity index (χ4v) is 2.61. The molecule has 0 aromatic heterocycles. The quantitative estimate of drug-likeness (QED) is 0.756. The SMILES string of the molecule is CCCC[C@H]1[C@H](CC(=O)OC)OC(=O)N1c1ccccc1. The van der Waals surface area contributed by atoms with Crippen LogP contribution in [0.2, 0.25) is 0 Å². The number of amides is 1. The van der Waals surface area contributed by atoms with Crippen LogP contribution in [0.3, 0.4) is 0 Å². The number of para-hydroxylation sites is 1. The third kappa shape index (κ3) is 3.54. The maximum absolute atomic E-state index is 12.2. The van der Waals surface area contributed by atoms with E-state index in [0.717, 1.165) is 24.9 Å². The Morgan fingerprint density at radius 1 is 1.33 bits per heavy atom. The van der Waals surface area contributed by atoms with E-state index in [-0.39, 0.29) is 18.4 Å². The second-order valence-electron chi connectivity index (χ2n) is 5.12. The van der Waals surface area contributed by atoms with Gasteiger partial charge in [-0.05, 0) is 18.6 Å². The van der Waals surface area contributed by atoms with Gasteiger partial charge in [0.15, 0.2) is 0 Å². The summed E-state index contributed by atoms with van der Waals surface area (Å²) < 4.78 is 10.1. The summed E-state index contributed by atoms with van der Waals surface area (Å²) in [6, 6.07) is 9.29. The summed E-state index contributed by atoms with van der Waals surface area (Å²) in [5.41, 5.74) is 0.802. The molecular formula is C16H21NO4. The van der Waals surface area contributed by atoms with Gasteiger partial charge >= 0.3 is 12.1 Å². The Kier molecular flexibility index (Phi) is 5.20. The van der Waals surface area contributed by atoms with Gasteiger partial charge in [0.1, 0.15) is 6.10 Å². The number of methoxy groups -OCH3 is 1. The minimum Gasteiger partial charge on any atom is -0.469 e. The van der Waals surface area contributed by atoms with Crippen molar-refractivity contribution in [3.63, 3.8) is 0 Å². The molecule has 0 N–H and O–H groups in total. The molecule has 1 fully saturated rings. The first-order valence-corrected chi connectivity index (χ1v) is 7.29. The highest BCUT2D eigenvalue weighted by Gasteiger charge is 2.43. The molecule has 5 nitrogen and oxygen atoms in total. The van der Waals surface area contributed by atoms with Gasteiger partial charge in [-0.2, -0.15) is 0 Å². The third-order valence-corrected chi connectivity index (χ3v) is 3.69. The molecule has 1 heterocycles. The summed E-state index contributed by atoms with van der Waals surface area (Å²) in [7, 11) is 1.34. The molecule has 1 amide bonds. The van der Waals surface area contributed by atoms with E-state index in [2.05, 4.69) is 6.92 Å². The van der Waals surface area contributed by atoms with E-state index in [4.69, 9.17) is 9.47 Å². The number of unbranched alkanes of at least 4 members (excludes halogenated alkanes) is 1. The molecule has 5 heteroatoms. The van der Waals surface area contributed by atoms with Crippen molar-refractivity contribution in [1.82, 2.24) is 0 Å². The van der Waals surface area contributed by atoms with Gasteiger partial charge < -0.3 is 9.47 Å². The molecule has 0 aliphatic carbocycles. The number of nitrogens with zero attached hydrogens (tertiary/aromatic N) is 1. The van der Waals surface area contributed by atoms with Crippen LogP contribution in [-0.2, 0) is 14.3 Å². The van der Waals surface area contributed by atoms with E-state index in [1.165, 1.54) is 7.11 Å². The van der Waals surface area contributed by atoms with Crippen LogP contribution in [0.5, 0.6) is 0 Å². The number of ether oxygens (including phenoxy) is 2. The van der Waals surface area contributed by atoms with Crippen molar-refractivity contribution in [1.29, 1.82) is 0 Å². The van der Waals surface area contributed by atoms with Gasteiger partial charge in [0.25, 0.3) is 0 Å². The lowest BCUT2D eigenvalue weighted by Crippen LogP contribution is -2.37. The summed E-state index contributed by atoms with van der Waals surface area (Å²) in [5, 5.41) is 0. The van der Waals surface area contributed by atoms with Crippen molar-refractivity contribution < 1.29 is 19.1 Å². The number of carbonyl (C=O) groups is 2. The van der Waals surface area contributed by atoms with Gasteiger partial charge in [0.2, 0.25) is 0 Å². The fourth-order valence-electron chi connectivity index (χ4n) is 2.61. The Bertz CT molecular complexity index is 488. The summed E-state index contributed by atoms with van der Waals surface area (Å²) >= 11 is 0. The molecule has 21 heavy (non-hydrogen) atoms. The van der Waals surface area contributed by atoms with Gasteiger partial charge in [-0.1, -0.05) is 38.0 Å². The molecule has 2 rings (SSSR count). The zero-order valence-electron chi connectivity index (χ0n) is 12.5. The standard InChI is InChI=1S/C16H21NO4/c1-3-4-10-13-14(11-15(18)20-2)21-16(19)17(13)12-8-6-5-7-9-12/h5-9,13-14H,3-4,10-11H2,1-2H3/t13-,14-/m0/s1. The minimum atomic E-state index is -0.447. The molecule has 0 saturated carbocycles. The third-order valence-electron chi connectivity index (χ3n) is 3.69. The lowest BCUT2D eigenvalue weighted by molar-refractivity contribution is -0.142. The lowest BCUT2D eigenvalue weighted by Gasteiger charge is -2.24. The van der Waals surface area contributed by atoms with Crippen LogP contribution < -0.4 is 4.90 Å². The Hall–Kier alpha value is -2.04. The van der Waals surface area contributed by atoms with E-state index in [1.54, 1.807) is 4.90 Å². The second-order valence-corrected chi connectivity index (χ2v) is 5.12. The number of carbonyl (C=O) groups excluding carboxylic acids is 2. The number of esters is 1. The lowest BCUT2D eigenvalue weighted by atomic mass is 10.0. The highest BCUT2D eigenvalue weighted by atomic mass is 16.6. The largest absolute Gasteiger partial charge is 0.469 e. The molecule has 1 saturated heterocycles. The maximum atomic E-state index is 12.2. The van der Waals surface area contributed by atoms with Crippen LogP contribution in [0.4, 0.5) is 10.5 Å². The first kappa shape index (κ1) is 15.4. The van der Waals surface area contributed by atoms with E-state index in [0.29, 0.717) is 0 Å². The highest BCUT2D eigenvalue weighted by molar-refractivity contribution is 5.91. The molecule has 1 aliphatic heterocycles. The molecule has 2 atom stereocenters. The predicted octanol–water partition coefficient (Wildman–Crippen LogP) is 3.13. The fraction of sp³-hybridized carbons (Fsp3) is 0.500. The number of anilines is 1. The molecule has 0 radical (unpaired) electrons. The van der Waals surface area contributed by atoms with Gasteiger partial charge in [0, 0.05) is 5.69 Å². The molecule has 114 valence electrons. The number of rotatable bonds is 6. The van der Waals surface area contributed by atoms with Gasteiger partial charge in [0.05, 0.1) is 19.6 Å². The summed E-state index contributed by atoms with van der Waals surface area (Å²) in [6.45, 7) is 2.10. The van der Waals surface area contributed by atoms with Crippen molar-refractivity contribution in [3.8, 4) is 0 Å². The van der Waals surface area contributed by atoms with Gasteiger partial charge in [-0.15, -0.1) is 0 Å². The van der Waals surface area contributed by atoms with Crippen LogP contribution in [0.1, 0.15) is 32.6 Å². The van der Waals surface area contributed by atoms with Crippen molar-refractivity contribution in [2.45, 2.75) is 44.8 Å². The molecule has 0 bridgehead atoms.